The number of ether oxygens (including phenoxy) is 3. The Morgan fingerprint density at radius 1 is 1.05 bits per heavy atom. The SMILES string of the molecule is C[C@]12CC[C@](O)(CN=[N+]=[N-])C[C@@H]1CC[C@@H]1[C@@H]2CC[C@@]2(C)[C@H]1CCC21OCC(COCc2ccccc2)O1. The molecule has 7 heteroatoms. The number of azide groups is 1. The summed E-state index contributed by atoms with van der Waals surface area (Å²) in [6.45, 7) is 6.95. The molecule has 0 amide bonds. The maximum atomic E-state index is 11.1. The quantitative estimate of drug-likeness (QED) is 0.273. The fourth-order valence-electron chi connectivity index (χ4n) is 9.55. The number of nitrogens with zero attached hydrogens (tertiary/aromatic N) is 3. The van der Waals surface area contributed by atoms with E-state index in [0.29, 0.717) is 43.5 Å². The van der Waals surface area contributed by atoms with Crippen LogP contribution in [0.5, 0.6) is 0 Å². The van der Waals surface area contributed by atoms with Gasteiger partial charge in [-0.25, -0.2) is 0 Å². The van der Waals surface area contributed by atoms with Crippen LogP contribution in [0.25, 0.3) is 10.4 Å². The van der Waals surface area contributed by atoms with Gasteiger partial charge >= 0.3 is 0 Å². The summed E-state index contributed by atoms with van der Waals surface area (Å²) in [5.41, 5.74) is 9.43. The van der Waals surface area contributed by atoms with Gasteiger partial charge in [-0.15, -0.1) is 0 Å². The van der Waals surface area contributed by atoms with Crippen molar-refractivity contribution in [3.05, 3.63) is 46.3 Å². The van der Waals surface area contributed by atoms with E-state index in [0.717, 1.165) is 38.5 Å². The molecule has 1 aliphatic heterocycles. The van der Waals surface area contributed by atoms with Crippen molar-refractivity contribution in [1.29, 1.82) is 0 Å². The van der Waals surface area contributed by atoms with Gasteiger partial charge in [-0.05, 0) is 91.5 Å². The molecule has 0 radical (unpaired) electrons. The van der Waals surface area contributed by atoms with E-state index in [1.165, 1.54) is 24.8 Å². The van der Waals surface area contributed by atoms with E-state index in [-0.39, 0.29) is 23.5 Å². The lowest BCUT2D eigenvalue weighted by atomic mass is 9.44. The third-order valence-electron chi connectivity index (χ3n) is 11.6. The van der Waals surface area contributed by atoms with E-state index in [9.17, 15) is 5.11 Å². The average Bonchev–Trinajstić information content (AvgIpc) is 3.45. The standard InChI is InChI=1S/C30H43N3O4/c1-27-14-15-29(34,20-32-33-31)16-22(27)8-9-24-25(27)10-12-28(2)26(24)11-13-30(28)36-19-23(37-30)18-35-17-21-6-4-3-5-7-21/h3-7,22-26,34H,8-20H2,1-2H3/t22-,23?,24+,25-,26-,27-,28-,29+,30?/m0/s1. The third-order valence-corrected chi connectivity index (χ3v) is 11.6. The van der Waals surface area contributed by atoms with Crippen LogP contribution >= 0.6 is 0 Å². The van der Waals surface area contributed by atoms with Gasteiger partial charge in [0.15, 0.2) is 5.79 Å². The fourth-order valence-corrected chi connectivity index (χ4v) is 9.55. The lowest BCUT2D eigenvalue weighted by Gasteiger charge is -2.62. The molecule has 1 saturated heterocycles. The number of aliphatic hydroxyl groups is 1. The summed E-state index contributed by atoms with van der Waals surface area (Å²) in [4.78, 5) is 2.91. The van der Waals surface area contributed by atoms with Crippen molar-refractivity contribution in [3.63, 3.8) is 0 Å². The van der Waals surface area contributed by atoms with Crippen molar-refractivity contribution >= 4 is 0 Å². The van der Waals surface area contributed by atoms with Crippen LogP contribution in [0, 0.1) is 34.5 Å². The Morgan fingerprint density at radius 2 is 1.86 bits per heavy atom. The first-order valence-electron chi connectivity index (χ1n) is 14.5. The van der Waals surface area contributed by atoms with Gasteiger partial charge in [-0.3, -0.25) is 0 Å². The Kier molecular flexibility index (Phi) is 6.60. The highest BCUT2D eigenvalue weighted by Gasteiger charge is 2.68. The zero-order chi connectivity index (χ0) is 25.7. The first-order valence-corrected chi connectivity index (χ1v) is 14.5. The Bertz CT molecular complexity index is 1030. The van der Waals surface area contributed by atoms with Crippen molar-refractivity contribution in [1.82, 2.24) is 0 Å². The minimum atomic E-state index is -0.826. The van der Waals surface area contributed by atoms with E-state index in [1.54, 1.807) is 0 Å². The van der Waals surface area contributed by atoms with Gasteiger partial charge < -0.3 is 19.3 Å². The number of fused-ring (bicyclic) bond motifs is 6. The maximum absolute atomic E-state index is 11.1. The van der Waals surface area contributed by atoms with Crippen molar-refractivity contribution in [3.8, 4) is 0 Å². The minimum Gasteiger partial charge on any atom is -0.390 e. The Labute approximate surface area is 220 Å². The predicted molar refractivity (Wildman–Crippen MR) is 140 cm³/mol. The molecule has 37 heavy (non-hydrogen) atoms. The lowest BCUT2D eigenvalue weighted by molar-refractivity contribution is -0.257. The van der Waals surface area contributed by atoms with Gasteiger partial charge in [-0.1, -0.05) is 49.3 Å². The molecule has 0 aromatic heterocycles. The van der Waals surface area contributed by atoms with Crippen molar-refractivity contribution in [2.45, 2.75) is 95.7 Å². The van der Waals surface area contributed by atoms with E-state index < -0.39 is 11.4 Å². The van der Waals surface area contributed by atoms with Gasteiger partial charge in [0.05, 0.1) is 32.0 Å². The molecule has 1 heterocycles. The molecule has 1 aromatic rings. The monoisotopic (exact) mass is 509 g/mol. The number of hydrogen-bond donors (Lipinski definition) is 1. The van der Waals surface area contributed by atoms with Crippen LogP contribution in [0.2, 0.25) is 0 Å². The van der Waals surface area contributed by atoms with Crippen molar-refractivity contribution in [2.75, 3.05) is 19.8 Å². The van der Waals surface area contributed by atoms with Crippen LogP contribution in [0.15, 0.2) is 35.4 Å². The third kappa shape index (κ3) is 4.22. The molecule has 7 nitrogen and oxygen atoms in total. The zero-order valence-corrected chi connectivity index (χ0v) is 22.5. The Balaban J connectivity index is 1.12. The minimum absolute atomic E-state index is 0.00245. The van der Waals surface area contributed by atoms with Crippen LogP contribution in [0.4, 0.5) is 0 Å². The van der Waals surface area contributed by atoms with Crippen molar-refractivity contribution in [2.24, 2.45) is 39.6 Å². The van der Waals surface area contributed by atoms with E-state index in [4.69, 9.17) is 19.7 Å². The number of hydrogen-bond acceptors (Lipinski definition) is 5. The summed E-state index contributed by atoms with van der Waals surface area (Å²) in [6.07, 6.45) is 9.44. The zero-order valence-electron chi connectivity index (χ0n) is 22.5. The number of benzene rings is 1. The summed E-state index contributed by atoms with van der Waals surface area (Å²) in [5, 5.41) is 14.9. The van der Waals surface area contributed by atoms with E-state index in [2.05, 4.69) is 36.0 Å². The molecule has 4 aliphatic carbocycles. The molecule has 202 valence electrons. The van der Waals surface area contributed by atoms with Crippen LogP contribution in [-0.4, -0.2) is 42.4 Å². The summed E-state index contributed by atoms with van der Waals surface area (Å²) in [5.74, 6) is 2.05. The molecule has 1 spiro atoms. The number of rotatable bonds is 6. The maximum Gasteiger partial charge on any atom is 0.174 e. The van der Waals surface area contributed by atoms with Crippen LogP contribution < -0.4 is 0 Å². The summed E-state index contributed by atoms with van der Waals surface area (Å²) in [6, 6.07) is 10.3. The molecule has 6 rings (SSSR count). The molecule has 1 aromatic carbocycles. The van der Waals surface area contributed by atoms with E-state index >= 15 is 0 Å². The molecule has 5 fully saturated rings. The van der Waals surface area contributed by atoms with Crippen LogP contribution in [0.3, 0.4) is 0 Å². The lowest BCUT2D eigenvalue weighted by Crippen LogP contribution is -2.58. The smallest absolute Gasteiger partial charge is 0.174 e. The fraction of sp³-hybridized carbons (Fsp3) is 0.800. The van der Waals surface area contributed by atoms with E-state index in [1.807, 2.05) is 18.2 Å². The molecular formula is C30H43N3O4. The molecule has 1 N–H and O–H groups in total. The van der Waals surface area contributed by atoms with Gasteiger partial charge in [0.25, 0.3) is 0 Å². The average molecular weight is 510 g/mol. The second-order valence-corrected chi connectivity index (χ2v) is 13.3. The Hall–Kier alpha value is -1.63. The first kappa shape index (κ1) is 25.6. The van der Waals surface area contributed by atoms with Crippen LogP contribution in [-0.2, 0) is 20.8 Å². The van der Waals surface area contributed by atoms with Gasteiger partial charge in [-0.2, -0.15) is 0 Å². The molecular weight excluding hydrogens is 466 g/mol. The Morgan fingerprint density at radius 3 is 2.68 bits per heavy atom. The highest BCUT2D eigenvalue weighted by atomic mass is 16.8. The van der Waals surface area contributed by atoms with Gasteiger partial charge in [0.2, 0.25) is 0 Å². The molecule has 0 bridgehead atoms. The highest BCUT2D eigenvalue weighted by molar-refractivity contribution is 5.15. The highest BCUT2D eigenvalue weighted by Crippen LogP contribution is 2.70. The van der Waals surface area contributed by atoms with Crippen LogP contribution in [0.1, 0.15) is 77.2 Å². The first-order chi connectivity index (χ1) is 17.8. The summed E-state index contributed by atoms with van der Waals surface area (Å²) < 4.78 is 19.4. The summed E-state index contributed by atoms with van der Waals surface area (Å²) in [7, 11) is 0. The van der Waals surface area contributed by atoms with Gasteiger partial charge in [0.1, 0.15) is 6.10 Å². The normalized spacial score (nSPS) is 46.6. The van der Waals surface area contributed by atoms with Gasteiger partial charge in [0, 0.05) is 16.7 Å². The molecule has 5 aliphatic rings. The topological polar surface area (TPSA) is 96.7 Å². The summed E-state index contributed by atoms with van der Waals surface area (Å²) >= 11 is 0. The molecule has 4 saturated carbocycles. The molecule has 2 unspecified atom stereocenters. The largest absolute Gasteiger partial charge is 0.390 e. The second-order valence-electron chi connectivity index (χ2n) is 13.3. The second kappa shape index (κ2) is 9.53. The predicted octanol–water partition coefficient (Wildman–Crippen LogP) is 6.40. The molecule has 9 atom stereocenters. The van der Waals surface area contributed by atoms with Crippen molar-refractivity contribution < 1.29 is 19.3 Å².